The van der Waals surface area contributed by atoms with Crippen LogP contribution in [0.25, 0.3) is 5.57 Å². The lowest BCUT2D eigenvalue weighted by molar-refractivity contribution is -0.120. The number of nitrogens with one attached hydrogen (secondary N) is 1. The second-order valence-electron chi connectivity index (χ2n) is 6.87. The average Bonchev–Trinajstić information content (AvgIpc) is 2.99. The zero-order valence-electron chi connectivity index (χ0n) is 16.5. The van der Waals surface area contributed by atoms with E-state index in [2.05, 4.69) is 5.32 Å². The fraction of sp³-hybridized carbons (Fsp3) is 0.0833. The minimum absolute atomic E-state index is 0.109. The first kappa shape index (κ1) is 19.4. The zero-order chi connectivity index (χ0) is 21.3. The van der Waals surface area contributed by atoms with Gasteiger partial charge >= 0.3 is 0 Å². The van der Waals surface area contributed by atoms with Gasteiger partial charge in [-0.2, -0.15) is 0 Å². The third-order valence-corrected chi connectivity index (χ3v) is 4.85. The van der Waals surface area contributed by atoms with Gasteiger partial charge in [0.05, 0.1) is 18.4 Å². The Balaban J connectivity index is 1.86. The summed E-state index contributed by atoms with van der Waals surface area (Å²) in [5, 5.41) is 3.08. The van der Waals surface area contributed by atoms with Crippen LogP contribution in [-0.2, 0) is 9.59 Å². The number of rotatable bonds is 5. The Kier molecular flexibility index (Phi) is 5.06. The van der Waals surface area contributed by atoms with E-state index in [1.54, 1.807) is 24.3 Å². The van der Waals surface area contributed by atoms with Gasteiger partial charge in [0.2, 0.25) is 0 Å². The van der Waals surface area contributed by atoms with Crippen molar-refractivity contribution in [2.24, 2.45) is 0 Å². The first-order valence-corrected chi connectivity index (χ1v) is 9.35. The summed E-state index contributed by atoms with van der Waals surface area (Å²) in [7, 11) is 1.50. The van der Waals surface area contributed by atoms with E-state index in [0.717, 1.165) is 16.5 Å². The van der Waals surface area contributed by atoms with Gasteiger partial charge in [-0.3, -0.25) is 9.59 Å². The van der Waals surface area contributed by atoms with Crippen LogP contribution < -0.4 is 15.0 Å². The van der Waals surface area contributed by atoms with Crippen LogP contribution in [0.1, 0.15) is 11.1 Å². The molecule has 2 amide bonds. The highest BCUT2D eigenvalue weighted by Gasteiger charge is 2.41. The predicted octanol–water partition coefficient (Wildman–Crippen LogP) is 4.54. The first-order valence-electron chi connectivity index (χ1n) is 9.35. The molecule has 1 N–H and O–H groups in total. The number of para-hydroxylation sites is 1. The number of nitrogens with zero attached hydrogens (tertiary/aromatic N) is 1. The summed E-state index contributed by atoms with van der Waals surface area (Å²) in [4.78, 5) is 27.7. The molecule has 0 fully saturated rings. The van der Waals surface area contributed by atoms with Crippen LogP contribution >= 0.6 is 0 Å². The third-order valence-electron chi connectivity index (χ3n) is 4.85. The fourth-order valence-electron chi connectivity index (χ4n) is 3.38. The number of hydrogen-bond acceptors (Lipinski definition) is 4. The molecule has 0 radical (unpaired) electrons. The molecule has 0 atom stereocenters. The molecule has 3 aromatic rings. The molecule has 0 aromatic heterocycles. The van der Waals surface area contributed by atoms with Crippen molar-refractivity contribution in [3.8, 4) is 5.75 Å². The van der Waals surface area contributed by atoms with Crippen molar-refractivity contribution in [3.63, 3.8) is 0 Å². The number of halogens is 1. The Bertz CT molecular complexity index is 1170. The topological polar surface area (TPSA) is 58.6 Å². The van der Waals surface area contributed by atoms with Gasteiger partial charge < -0.3 is 10.1 Å². The number of carbonyl (C=O) groups excluding carboxylic acids is 2. The third kappa shape index (κ3) is 3.43. The smallest absolute Gasteiger partial charge is 0.282 e. The summed E-state index contributed by atoms with van der Waals surface area (Å²) in [5.41, 5.74) is 2.64. The quantitative estimate of drug-likeness (QED) is 0.637. The lowest BCUT2D eigenvalue weighted by atomic mass is 10.0. The Hall–Kier alpha value is -3.93. The van der Waals surface area contributed by atoms with Gasteiger partial charge in [0.1, 0.15) is 17.3 Å². The average molecular weight is 402 g/mol. The molecule has 30 heavy (non-hydrogen) atoms. The second kappa shape index (κ2) is 7.83. The molecule has 0 saturated carbocycles. The van der Waals surface area contributed by atoms with Crippen molar-refractivity contribution >= 4 is 28.8 Å². The molecule has 0 bridgehead atoms. The number of hydrogen-bond donors (Lipinski definition) is 1. The van der Waals surface area contributed by atoms with Crippen LogP contribution in [-0.4, -0.2) is 18.9 Å². The van der Waals surface area contributed by atoms with Crippen LogP contribution in [0.4, 0.5) is 15.8 Å². The second-order valence-corrected chi connectivity index (χ2v) is 6.87. The molecule has 5 nitrogen and oxygen atoms in total. The van der Waals surface area contributed by atoms with E-state index < -0.39 is 17.6 Å². The van der Waals surface area contributed by atoms with E-state index in [1.165, 1.54) is 25.3 Å². The molecular formula is C24H19FN2O3. The molecular weight excluding hydrogens is 383 g/mol. The van der Waals surface area contributed by atoms with Gasteiger partial charge in [-0.05, 0) is 43.3 Å². The highest BCUT2D eigenvalue weighted by Crippen LogP contribution is 2.37. The van der Waals surface area contributed by atoms with Gasteiger partial charge in [0.15, 0.2) is 0 Å². The van der Waals surface area contributed by atoms with Gasteiger partial charge in [-0.15, -0.1) is 0 Å². The summed E-state index contributed by atoms with van der Waals surface area (Å²) in [5.74, 6) is -1.19. The van der Waals surface area contributed by atoms with Crippen molar-refractivity contribution in [1.82, 2.24) is 0 Å². The maximum Gasteiger partial charge on any atom is 0.282 e. The number of anilines is 2. The minimum atomic E-state index is -0.563. The maximum absolute atomic E-state index is 13.8. The molecule has 1 heterocycles. The highest BCUT2D eigenvalue weighted by molar-refractivity contribution is 6.46. The van der Waals surface area contributed by atoms with Crippen LogP contribution in [0.3, 0.4) is 0 Å². The normalized spacial score (nSPS) is 13.8. The van der Waals surface area contributed by atoms with Gasteiger partial charge in [-0.1, -0.05) is 42.0 Å². The molecule has 0 saturated heterocycles. The molecule has 1 aliphatic heterocycles. The van der Waals surface area contributed by atoms with E-state index in [-0.39, 0.29) is 17.0 Å². The zero-order valence-corrected chi connectivity index (χ0v) is 16.5. The number of aryl methyl sites for hydroxylation is 1. The van der Waals surface area contributed by atoms with Crippen LogP contribution in [0.5, 0.6) is 5.75 Å². The summed E-state index contributed by atoms with van der Waals surface area (Å²) >= 11 is 0. The molecule has 0 unspecified atom stereocenters. The lowest BCUT2D eigenvalue weighted by Gasteiger charge is -2.15. The summed E-state index contributed by atoms with van der Waals surface area (Å²) < 4.78 is 19.2. The summed E-state index contributed by atoms with van der Waals surface area (Å²) in [6.45, 7) is 1.96. The van der Waals surface area contributed by atoms with Gasteiger partial charge in [0, 0.05) is 11.3 Å². The molecule has 1 aliphatic rings. The Morgan fingerprint density at radius 1 is 0.900 bits per heavy atom. The van der Waals surface area contributed by atoms with Crippen LogP contribution in [0, 0.1) is 12.7 Å². The SMILES string of the molecule is COc1ccccc1C1=C(Nc2ccc(C)cc2)C(=O)N(c2cccc(F)c2)C1=O. The number of amides is 2. The van der Waals surface area contributed by atoms with Gasteiger partial charge in [-0.25, -0.2) is 9.29 Å². The van der Waals surface area contributed by atoms with Crippen molar-refractivity contribution in [3.05, 3.63) is 95.4 Å². The number of imide groups is 1. The molecule has 0 aliphatic carbocycles. The number of methoxy groups -OCH3 is 1. The van der Waals surface area contributed by atoms with E-state index in [1.807, 2.05) is 31.2 Å². The summed E-state index contributed by atoms with van der Waals surface area (Å²) in [6, 6.07) is 19.8. The highest BCUT2D eigenvalue weighted by atomic mass is 19.1. The largest absolute Gasteiger partial charge is 0.496 e. The molecule has 150 valence electrons. The predicted molar refractivity (Wildman–Crippen MR) is 114 cm³/mol. The van der Waals surface area contributed by atoms with Crippen molar-refractivity contribution in [2.75, 3.05) is 17.3 Å². The Labute approximate surface area is 173 Å². The Morgan fingerprint density at radius 2 is 1.63 bits per heavy atom. The lowest BCUT2D eigenvalue weighted by Crippen LogP contribution is -2.32. The fourth-order valence-corrected chi connectivity index (χ4v) is 3.38. The van der Waals surface area contributed by atoms with E-state index in [4.69, 9.17) is 4.74 Å². The monoisotopic (exact) mass is 402 g/mol. The minimum Gasteiger partial charge on any atom is -0.496 e. The molecule has 6 heteroatoms. The standard InChI is InChI=1S/C24H19FN2O3/c1-15-10-12-17(13-11-15)26-22-21(19-8-3-4-9-20(19)30-2)23(28)27(24(22)29)18-7-5-6-16(25)14-18/h3-14,26H,1-2H3. The van der Waals surface area contributed by atoms with E-state index in [0.29, 0.717) is 17.0 Å². The molecule has 0 spiro atoms. The van der Waals surface area contributed by atoms with Crippen molar-refractivity contribution in [1.29, 1.82) is 0 Å². The number of ether oxygens (including phenoxy) is 1. The van der Waals surface area contributed by atoms with Crippen molar-refractivity contribution < 1.29 is 18.7 Å². The molecule has 4 rings (SSSR count). The number of benzene rings is 3. The Morgan fingerprint density at radius 3 is 2.33 bits per heavy atom. The maximum atomic E-state index is 13.8. The molecule has 3 aromatic carbocycles. The van der Waals surface area contributed by atoms with Crippen LogP contribution in [0.2, 0.25) is 0 Å². The van der Waals surface area contributed by atoms with E-state index >= 15 is 0 Å². The van der Waals surface area contributed by atoms with Crippen LogP contribution in [0.15, 0.2) is 78.5 Å². The van der Waals surface area contributed by atoms with Crippen molar-refractivity contribution in [2.45, 2.75) is 6.92 Å². The van der Waals surface area contributed by atoms with Gasteiger partial charge in [0.25, 0.3) is 11.8 Å². The van der Waals surface area contributed by atoms with E-state index in [9.17, 15) is 14.0 Å². The summed E-state index contributed by atoms with van der Waals surface area (Å²) in [6.07, 6.45) is 0. The number of carbonyl (C=O) groups is 2. The first-order chi connectivity index (χ1) is 14.5.